The van der Waals surface area contributed by atoms with Gasteiger partial charge in [0.15, 0.2) is 0 Å². The molecule has 0 spiro atoms. The molecule has 3 N–H and O–H groups in total. The van der Waals surface area contributed by atoms with Crippen molar-refractivity contribution in [2.75, 3.05) is 11.9 Å². The number of carboxylic acid groups (broad SMARTS) is 1. The van der Waals surface area contributed by atoms with Crippen LogP contribution in [0.5, 0.6) is 0 Å². The summed E-state index contributed by atoms with van der Waals surface area (Å²) in [6.45, 7) is 0.427. The SMILES string of the molecule is O=C(O)CCCNC(=O)c1ccc2c(c1)COC(=O)N2. The number of nitrogens with one attached hydrogen (secondary N) is 2. The molecule has 2 rings (SSSR count). The van der Waals surface area contributed by atoms with Crippen LogP contribution in [0, 0.1) is 0 Å². The number of carboxylic acids is 1. The second kappa shape index (κ2) is 6.05. The maximum atomic E-state index is 11.9. The van der Waals surface area contributed by atoms with Gasteiger partial charge in [0.1, 0.15) is 6.61 Å². The quantitative estimate of drug-likeness (QED) is 0.705. The molecule has 0 aromatic heterocycles. The van der Waals surface area contributed by atoms with E-state index >= 15 is 0 Å². The molecule has 1 heterocycles. The molecule has 0 saturated heterocycles. The lowest BCUT2D eigenvalue weighted by Gasteiger charge is -2.17. The Morgan fingerprint density at radius 1 is 1.40 bits per heavy atom. The maximum absolute atomic E-state index is 11.9. The van der Waals surface area contributed by atoms with E-state index in [1.807, 2.05) is 0 Å². The molecule has 1 aliphatic rings. The lowest BCUT2D eigenvalue weighted by atomic mass is 10.1. The minimum absolute atomic E-state index is 0.0182. The molecule has 1 aromatic rings. The smallest absolute Gasteiger partial charge is 0.411 e. The van der Waals surface area contributed by atoms with Gasteiger partial charge in [-0.1, -0.05) is 0 Å². The summed E-state index contributed by atoms with van der Waals surface area (Å²) in [5, 5.41) is 13.7. The Labute approximate surface area is 114 Å². The van der Waals surface area contributed by atoms with Gasteiger partial charge in [-0.15, -0.1) is 0 Å². The topological polar surface area (TPSA) is 105 Å². The van der Waals surface area contributed by atoms with Crippen LogP contribution in [0.1, 0.15) is 28.8 Å². The molecule has 20 heavy (non-hydrogen) atoms. The number of fused-ring (bicyclic) bond motifs is 1. The fraction of sp³-hybridized carbons (Fsp3) is 0.308. The van der Waals surface area contributed by atoms with Crippen LogP contribution in [0.15, 0.2) is 18.2 Å². The van der Waals surface area contributed by atoms with Crippen molar-refractivity contribution in [2.45, 2.75) is 19.4 Å². The monoisotopic (exact) mass is 278 g/mol. The van der Waals surface area contributed by atoms with Crippen LogP contribution < -0.4 is 10.6 Å². The van der Waals surface area contributed by atoms with Crippen molar-refractivity contribution < 1.29 is 24.2 Å². The number of hydrogen-bond donors (Lipinski definition) is 3. The predicted octanol–water partition coefficient (Wildman–Crippen LogP) is 1.34. The van der Waals surface area contributed by atoms with Crippen molar-refractivity contribution in [2.24, 2.45) is 0 Å². The number of amides is 2. The van der Waals surface area contributed by atoms with E-state index in [1.165, 1.54) is 0 Å². The zero-order valence-electron chi connectivity index (χ0n) is 10.6. The van der Waals surface area contributed by atoms with Crippen LogP contribution in [-0.2, 0) is 16.1 Å². The Hall–Kier alpha value is -2.57. The number of ether oxygens (including phenoxy) is 1. The molecule has 0 unspecified atom stereocenters. The second-order valence-electron chi connectivity index (χ2n) is 4.33. The summed E-state index contributed by atoms with van der Waals surface area (Å²) < 4.78 is 4.82. The minimum atomic E-state index is -0.888. The Balaban J connectivity index is 1.94. The summed E-state index contributed by atoms with van der Waals surface area (Å²) in [7, 11) is 0. The predicted molar refractivity (Wildman–Crippen MR) is 69.5 cm³/mol. The molecule has 7 nitrogen and oxygen atoms in total. The van der Waals surface area contributed by atoms with Crippen molar-refractivity contribution in [3.63, 3.8) is 0 Å². The standard InChI is InChI=1S/C13H14N2O5/c16-11(17)2-1-5-14-12(18)8-3-4-10-9(6-8)7-20-13(19)15-10/h3-4,6H,1-2,5,7H2,(H,14,18)(H,15,19)(H,16,17). The minimum Gasteiger partial charge on any atom is -0.481 e. The zero-order chi connectivity index (χ0) is 14.5. The number of carbonyl (C=O) groups excluding carboxylic acids is 2. The van der Waals surface area contributed by atoms with Gasteiger partial charge in [0.05, 0.1) is 5.69 Å². The highest BCUT2D eigenvalue weighted by Crippen LogP contribution is 2.22. The summed E-state index contributed by atoms with van der Waals surface area (Å²) in [6, 6.07) is 4.88. The average molecular weight is 278 g/mol. The first-order valence-corrected chi connectivity index (χ1v) is 6.13. The van der Waals surface area contributed by atoms with Crippen molar-refractivity contribution in [3.05, 3.63) is 29.3 Å². The van der Waals surface area contributed by atoms with E-state index in [0.717, 1.165) is 5.56 Å². The highest BCUT2D eigenvalue weighted by Gasteiger charge is 2.17. The first-order chi connectivity index (χ1) is 9.56. The van der Waals surface area contributed by atoms with Crippen LogP contribution in [0.3, 0.4) is 0 Å². The number of cyclic esters (lactones) is 1. The van der Waals surface area contributed by atoms with Crippen LogP contribution in [-0.4, -0.2) is 29.6 Å². The molecule has 106 valence electrons. The highest BCUT2D eigenvalue weighted by atomic mass is 16.5. The summed E-state index contributed by atoms with van der Waals surface area (Å²) >= 11 is 0. The third-order valence-electron chi connectivity index (χ3n) is 2.82. The van der Waals surface area contributed by atoms with Crippen LogP contribution in [0.25, 0.3) is 0 Å². The normalized spacial score (nSPS) is 12.9. The Morgan fingerprint density at radius 3 is 2.95 bits per heavy atom. The third kappa shape index (κ3) is 3.47. The van der Waals surface area contributed by atoms with Crippen molar-refractivity contribution in [3.8, 4) is 0 Å². The van der Waals surface area contributed by atoms with E-state index in [4.69, 9.17) is 9.84 Å². The van der Waals surface area contributed by atoms with E-state index in [-0.39, 0.29) is 18.9 Å². The lowest BCUT2D eigenvalue weighted by Crippen LogP contribution is -2.26. The molecule has 0 fully saturated rings. The molecule has 7 heteroatoms. The second-order valence-corrected chi connectivity index (χ2v) is 4.33. The molecular formula is C13H14N2O5. The summed E-state index contributed by atoms with van der Waals surface area (Å²) in [5.74, 6) is -1.17. The van der Waals surface area contributed by atoms with E-state index < -0.39 is 12.1 Å². The third-order valence-corrected chi connectivity index (χ3v) is 2.82. The number of hydrogen-bond acceptors (Lipinski definition) is 4. The molecule has 2 amide bonds. The van der Waals surface area contributed by atoms with Crippen LogP contribution in [0.2, 0.25) is 0 Å². The van der Waals surface area contributed by atoms with Gasteiger partial charge < -0.3 is 15.2 Å². The fourth-order valence-corrected chi connectivity index (χ4v) is 1.81. The van der Waals surface area contributed by atoms with Gasteiger partial charge >= 0.3 is 12.1 Å². The Bertz CT molecular complexity index is 556. The molecular weight excluding hydrogens is 264 g/mol. The van der Waals surface area contributed by atoms with Crippen molar-refractivity contribution in [1.82, 2.24) is 5.32 Å². The van der Waals surface area contributed by atoms with Crippen LogP contribution in [0.4, 0.5) is 10.5 Å². The summed E-state index contributed by atoms with van der Waals surface area (Å²) in [6.07, 6.45) is -0.112. The molecule has 0 saturated carbocycles. The van der Waals surface area contributed by atoms with Crippen LogP contribution >= 0.6 is 0 Å². The lowest BCUT2D eigenvalue weighted by molar-refractivity contribution is -0.137. The summed E-state index contributed by atoms with van der Waals surface area (Å²) in [4.78, 5) is 33.2. The van der Waals surface area contributed by atoms with Gasteiger partial charge in [0.2, 0.25) is 0 Å². The molecule has 1 aromatic carbocycles. The van der Waals surface area contributed by atoms with Gasteiger partial charge in [0, 0.05) is 24.1 Å². The fourth-order valence-electron chi connectivity index (χ4n) is 1.81. The maximum Gasteiger partial charge on any atom is 0.411 e. The van der Waals surface area contributed by atoms with Gasteiger partial charge in [0.25, 0.3) is 5.91 Å². The molecule has 0 atom stereocenters. The number of aliphatic carboxylic acids is 1. The van der Waals surface area contributed by atoms with E-state index in [2.05, 4.69) is 10.6 Å². The number of rotatable bonds is 5. The summed E-state index contributed by atoms with van der Waals surface area (Å²) in [5.41, 5.74) is 1.80. The number of carbonyl (C=O) groups is 3. The zero-order valence-corrected chi connectivity index (χ0v) is 10.6. The van der Waals surface area contributed by atoms with E-state index in [9.17, 15) is 14.4 Å². The van der Waals surface area contributed by atoms with E-state index in [1.54, 1.807) is 18.2 Å². The molecule has 1 aliphatic heterocycles. The molecule has 0 aliphatic carbocycles. The Kier molecular flexibility index (Phi) is 4.19. The van der Waals surface area contributed by atoms with Crippen molar-refractivity contribution in [1.29, 1.82) is 0 Å². The molecule has 0 bridgehead atoms. The largest absolute Gasteiger partial charge is 0.481 e. The van der Waals surface area contributed by atoms with E-state index in [0.29, 0.717) is 24.2 Å². The number of benzene rings is 1. The first kappa shape index (κ1) is 13.9. The van der Waals surface area contributed by atoms with Gasteiger partial charge in [-0.3, -0.25) is 14.9 Å². The molecule has 0 radical (unpaired) electrons. The number of anilines is 1. The highest BCUT2D eigenvalue weighted by molar-refractivity contribution is 5.96. The average Bonchev–Trinajstić information content (AvgIpc) is 2.42. The van der Waals surface area contributed by atoms with Crippen molar-refractivity contribution >= 4 is 23.7 Å². The van der Waals surface area contributed by atoms with Gasteiger partial charge in [-0.25, -0.2) is 4.79 Å². The van der Waals surface area contributed by atoms with Gasteiger partial charge in [-0.05, 0) is 24.6 Å². The Morgan fingerprint density at radius 2 is 2.20 bits per heavy atom. The first-order valence-electron chi connectivity index (χ1n) is 6.13. The van der Waals surface area contributed by atoms with Gasteiger partial charge in [-0.2, -0.15) is 0 Å².